The van der Waals surface area contributed by atoms with E-state index in [1.54, 1.807) is 7.11 Å². The predicted octanol–water partition coefficient (Wildman–Crippen LogP) is 2.62. The molecule has 19 heavy (non-hydrogen) atoms. The monoisotopic (exact) mass is 370 g/mol. The summed E-state index contributed by atoms with van der Waals surface area (Å²) < 4.78 is 5.81. The maximum atomic E-state index is 12.0. The lowest BCUT2D eigenvalue weighted by atomic mass is 10.1. The van der Waals surface area contributed by atoms with Gasteiger partial charge in [0, 0.05) is 19.1 Å². The normalized spacial score (nSPS) is 12.4. The molecule has 1 aromatic carbocycles. The van der Waals surface area contributed by atoms with E-state index in [0.717, 1.165) is 11.3 Å². The van der Waals surface area contributed by atoms with E-state index >= 15 is 0 Å². The molecule has 0 fully saturated rings. The Hall–Kier alpha value is -1.21. The maximum absolute atomic E-state index is 12.0. The Morgan fingerprint density at radius 2 is 2.05 bits per heavy atom. The molecule has 0 aliphatic rings. The molecule has 0 amide bonds. The summed E-state index contributed by atoms with van der Waals surface area (Å²) in [5, 5.41) is 0. The molecule has 0 saturated carbocycles. The Morgan fingerprint density at radius 3 is 2.68 bits per heavy atom. The van der Waals surface area contributed by atoms with Crippen LogP contribution in [0.4, 0.5) is 0 Å². The molecule has 0 saturated heterocycles. The Balaban J connectivity index is 2.46. The number of ether oxygens (including phenoxy) is 1. The van der Waals surface area contributed by atoms with Gasteiger partial charge < -0.3 is 9.72 Å². The zero-order valence-corrected chi connectivity index (χ0v) is 13.0. The van der Waals surface area contributed by atoms with Crippen molar-refractivity contribution in [2.45, 2.75) is 19.4 Å². The molecule has 0 radical (unpaired) electrons. The van der Waals surface area contributed by atoms with Crippen LogP contribution < -0.4 is 5.56 Å². The summed E-state index contributed by atoms with van der Waals surface area (Å²) in [4.78, 5) is 19.3. The molecule has 1 aromatic heterocycles. The second-order valence-electron chi connectivity index (χ2n) is 4.29. The molecular weight excluding hydrogens is 355 g/mol. The number of methoxy groups -OCH3 is 1. The molecule has 1 heterocycles. The number of hydrogen-bond acceptors (Lipinski definition) is 3. The van der Waals surface area contributed by atoms with Crippen molar-refractivity contribution in [1.82, 2.24) is 9.97 Å². The Kier molecular flexibility index (Phi) is 4.71. The molecule has 5 heteroatoms. The van der Waals surface area contributed by atoms with E-state index in [9.17, 15) is 4.79 Å². The molecule has 2 aromatic rings. The number of aromatic amines is 1. The van der Waals surface area contributed by atoms with Crippen molar-refractivity contribution in [2.75, 3.05) is 7.11 Å². The van der Waals surface area contributed by atoms with E-state index in [1.807, 2.05) is 59.8 Å². The third kappa shape index (κ3) is 3.42. The Labute approximate surface area is 125 Å². The molecule has 1 atom stereocenters. The summed E-state index contributed by atoms with van der Waals surface area (Å²) in [6.45, 7) is 1.94. The number of hydrogen-bond donors (Lipinski definition) is 1. The number of H-pyrrole nitrogens is 1. The third-order valence-electron chi connectivity index (χ3n) is 2.84. The summed E-state index contributed by atoms with van der Waals surface area (Å²) in [6, 6.07) is 9.72. The minimum absolute atomic E-state index is 0.0202. The summed E-state index contributed by atoms with van der Waals surface area (Å²) in [5.41, 5.74) is 1.57. The average Bonchev–Trinajstić information content (AvgIpc) is 2.43. The first kappa shape index (κ1) is 14.2. The lowest BCUT2D eigenvalue weighted by Crippen LogP contribution is -2.20. The van der Waals surface area contributed by atoms with Crippen molar-refractivity contribution < 1.29 is 4.74 Å². The zero-order valence-electron chi connectivity index (χ0n) is 10.8. The first-order valence-electron chi connectivity index (χ1n) is 5.98. The Bertz CT molecular complexity index is 611. The lowest BCUT2D eigenvalue weighted by Gasteiger charge is -2.10. The van der Waals surface area contributed by atoms with E-state index in [4.69, 9.17) is 4.74 Å². The van der Waals surface area contributed by atoms with E-state index in [1.165, 1.54) is 0 Å². The fraction of sp³-hybridized carbons (Fsp3) is 0.286. The van der Waals surface area contributed by atoms with Crippen LogP contribution >= 0.6 is 22.6 Å². The molecule has 4 nitrogen and oxygen atoms in total. The zero-order chi connectivity index (χ0) is 13.8. The number of halogens is 1. The number of rotatable bonds is 4. The highest BCUT2D eigenvalue weighted by molar-refractivity contribution is 14.1. The average molecular weight is 370 g/mol. The maximum Gasteiger partial charge on any atom is 0.264 e. The van der Waals surface area contributed by atoms with Gasteiger partial charge in [-0.1, -0.05) is 30.3 Å². The van der Waals surface area contributed by atoms with Gasteiger partial charge in [-0.05, 0) is 29.5 Å². The van der Waals surface area contributed by atoms with Gasteiger partial charge in [-0.2, -0.15) is 0 Å². The van der Waals surface area contributed by atoms with Gasteiger partial charge in [0.15, 0.2) is 0 Å². The quantitative estimate of drug-likeness (QED) is 0.842. The third-order valence-corrected chi connectivity index (χ3v) is 3.84. The minimum atomic E-state index is -0.104. The van der Waals surface area contributed by atoms with Crippen molar-refractivity contribution in [3.63, 3.8) is 0 Å². The number of aromatic nitrogens is 2. The first-order chi connectivity index (χ1) is 9.11. The number of benzene rings is 1. The van der Waals surface area contributed by atoms with Crippen LogP contribution in [0.5, 0.6) is 0 Å². The van der Waals surface area contributed by atoms with Crippen molar-refractivity contribution in [3.05, 3.63) is 50.1 Å². The van der Waals surface area contributed by atoms with E-state index < -0.39 is 0 Å². The number of nitrogens with zero attached hydrogens (tertiary/aromatic N) is 1. The molecule has 0 bridgehead atoms. The molecule has 0 spiro atoms. The van der Waals surface area contributed by atoms with E-state index in [0.29, 0.717) is 15.8 Å². The van der Waals surface area contributed by atoms with Crippen molar-refractivity contribution in [1.29, 1.82) is 0 Å². The van der Waals surface area contributed by atoms with Gasteiger partial charge in [-0.15, -0.1) is 0 Å². The molecule has 100 valence electrons. The fourth-order valence-electron chi connectivity index (χ4n) is 1.75. The van der Waals surface area contributed by atoms with Crippen LogP contribution in [0.3, 0.4) is 0 Å². The van der Waals surface area contributed by atoms with Crippen LogP contribution in [0.1, 0.15) is 12.7 Å². The Morgan fingerprint density at radius 1 is 1.37 bits per heavy atom. The fourth-order valence-corrected chi connectivity index (χ4v) is 2.31. The summed E-state index contributed by atoms with van der Waals surface area (Å²) >= 11 is 2.03. The number of nitrogens with one attached hydrogen (secondary N) is 1. The van der Waals surface area contributed by atoms with Crippen LogP contribution in [-0.2, 0) is 11.2 Å². The smallest absolute Gasteiger partial charge is 0.264 e. The van der Waals surface area contributed by atoms with Crippen molar-refractivity contribution in [3.8, 4) is 11.3 Å². The first-order valence-corrected chi connectivity index (χ1v) is 7.06. The largest absolute Gasteiger partial charge is 0.381 e. The lowest BCUT2D eigenvalue weighted by molar-refractivity contribution is 0.117. The predicted molar refractivity (Wildman–Crippen MR) is 83.2 cm³/mol. The van der Waals surface area contributed by atoms with Gasteiger partial charge in [0.25, 0.3) is 5.56 Å². The summed E-state index contributed by atoms with van der Waals surface area (Å²) in [5.74, 6) is 0.651. The van der Waals surface area contributed by atoms with Gasteiger partial charge in [0.2, 0.25) is 0 Å². The topological polar surface area (TPSA) is 55.0 Å². The molecule has 0 aliphatic heterocycles. The van der Waals surface area contributed by atoms with Gasteiger partial charge >= 0.3 is 0 Å². The van der Waals surface area contributed by atoms with Crippen LogP contribution in [-0.4, -0.2) is 23.2 Å². The summed E-state index contributed by atoms with van der Waals surface area (Å²) in [7, 11) is 1.65. The second kappa shape index (κ2) is 6.29. The SMILES string of the molecule is COC(C)Cc1nc(-c2ccccc2)c(I)c(=O)[nH]1. The van der Waals surface area contributed by atoms with E-state index in [2.05, 4.69) is 9.97 Å². The van der Waals surface area contributed by atoms with E-state index in [-0.39, 0.29) is 11.7 Å². The second-order valence-corrected chi connectivity index (χ2v) is 5.37. The molecular formula is C14H15IN2O2. The van der Waals surface area contributed by atoms with Gasteiger partial charge in [-0.25, -0.2) is 4.98 Å². The van der Waals surface area contributed by atoms with Gasteiger partial charge in [-0.3, -0.25) is 4.79 Å². The molecule has 2 rings (SSSR count). The molecule has 1 N–H and O–H groups in total. The van der Waals surface area contributed by atoms with Crippen molar-refractivity contribution >= 4 is 22.6 Å². The van der Waals surface area contributed by atoms with Gasteiger partial charge in [0.1, 0.15) is 9.39 Å². The minimum Gasteiger partial charge on any atom is -0.381 e. The standard InChI is InChI=1S/C14H15IN2O2/c1-9(19-2)8-11-16-13(12(15)14(18)17-11)10-6-4-3-5-7-10/h3-7,9H,8H2,1-2H3,(H,16,17,18). The van der Waals surface area contributed by atoms with Gasteiger partial charge in [0.05, 0.1) is 11.8 Å². The molecule has 1 unspecified atom stereocenters. The highest BCUT2D eigenvalue weighted by atomic mass is 127. The molecule has 0 aliphatic carbocycles. The van der Waals surface area contributed by atoms with Crippen LogP contribution in [0.2, 0.25) is 0 Å². The van der Waals surface area contributed by atoms with Crippen molar-refractivity contribution in [2.24, 2.45) is 0 Å². The highest BCUT2D eigenvalue weighted by Crippen LogP contribution is 2.20. The van der Waals surface area contributed by atoms with Crippen LogP contribution in [0, 0.1) is 3.57 Å². The van der Waals surface area contributed by atoms with Crippen LogP contribution in [0.15, 0.2) is 35.1 Å². The summed E-state index contributed by atoms with van der Waals surface area (Å²) in [6.07, 6.45) is 0.606. The van der Waals surface area contributed by atoms with Crippen LogP contribution in [0.25, 0.3) is 11.3 Å². The highest BCUT2D eigenvalue weighted by Gasteiger charge is 2.12.